The Balaban J connectivity index is 2.46. The number of esters is 1. The molecular weight excluding hydrogens is 362 g/mol. The first-order chi connectivity index (χ1) is 13.2. The molecule has 1 rings (SSSR count). The molecule has 0 aliphatic carbocycles. The summed E-state index contributed by atoms with van der Waals surface area (Å²) in [6, 6.07) is 8.28. The van der Waals surface area contributed by atoms with Gasteiger partial charge >= 0.3 is 5.97 Å². The van der Waals surface area contributed by atoms with Gasteiger partial charge in [-0.05, 0) is 25.8 Å². The molecule has 0 heterocycles. The largest absolute Gasteiger partial charge is 0.466 e. The van der Waals surface area contributed by atoms with Crippen LogP contribution in [0.4, 0.5) is 0 Å². The maximum Gasteiger partial charge on any atom is 0.308 e. The number of ether oxygens (including phenoxy) is 1. The van der Waals surface area contributed by atoms with E-state index in [4.69, 9.17) is 10.5 Å². The first-order valence-electron chi connectivity index (χ1n) is 9.34. The van der Waals surface area contributed by atoms with Crippen molar-refractivity contribution in [1.29, 1.82) is 0 Å². The van der Waals surface area contributed by atoms with Crippen LogP contribution in [0.3, 0.4) is 0 Å². The lowest BCUT2D eigenvalue weighted by Crippen LogP contribution is -2.46. The van der Waals surface area contributed by atoms with E-state index in [9.17, 15) is 19.2 Å². The van der Waals surface area contributed by atoms with E-state index in [0.717, 1.165) is 5.56 Å². The van der Waals surface area contributed by atoms with Crippen molar-refractivity contribution in [2.75, 3.05) is 6.61 Å². The second-order valence-corrected chi connectivity index (χ2v) is 6.61. The van der Waals surface area contributed by atoms with Gasteiger partial charge in [-0.2, -0.15) is 0 Å². The molecule has 0 spiro atoms. The molecule has 8 nitrogen and oxygen atoms in total. The number of amides is 3. The van der Waals surface area contributed by atoms with Crippen molar-refractivity contribution in [3.8, 4) is 0 Å². The van der Waals surface area contributed by atoms with Gasteiger partial charge in [0.05, 0.1) is 18.6 Å². The summed E-state index contributed by atoms with van der Waals surface area (Å²) in [7, 11) is 0. The molecule has 0 saturated heterocycles. The maximum absolute atomic E-state index is 12.1. The Morgan fingerprint density at radius 3 is 2.11 bits per heavy atom. The number of rotatable bonds is 11. The van der Waals surface area contributed by atoms with E-state index in [1.165, 1.54) is 0 Å². The van der Waals surface area contributed by atoms with Gasteiger partial charge in [-0.15, -0.1) is 0 Å². The number of benzene rings is 1. The molecule has 154 valence electrons. The Morgan fingerprint density at radius 1 is 1.00 bits per heavy atom. The van der Waals surface area contributed by atoms with Crippen molar-refractivity contribution in [2.45, 2.75) is 52.1 Å². The molecule has 4 N–H and O–H groups in total. The number of carbonyl (C=O) groups is 4. The molecule has 1 aromatic rings. The minimum absolute atomic E-state index is 0.0259. The van der Waals surface area contributed by atoms with Crippen LogP contribution in [0, 0.1) is 5.92 Å². The minimum atomic E-state index is -1.00. The average Bonchev–Trinajstić information content (AvgIpc) is 2.66. The lowest BCUT2D eigenvalue weighted by Gasteiger charge is -2.19. The zero-order valence-electron chi connectivity index (χ0n) is 16.6. The second-order valence-electron chi connectivity index (χ2n) is 6.61. The number of hydrogen-bond acceptors (Lipinski definition) is 5. The fraction of sp³-hybridized carbons (Fsp3) is 0.500. The monoisotopic (exact) mass is 391 g/mol. The highest BCUT2D eigenvalue weighted by molar-refractivity contribution is 5.89. The van der Waals surface area contributed by atoms with Gasteiger partial charge in [-0.1, -0.05) is 37.3 Å². The first-order valence-corrected chi connectivity index (χ1v) is 9.34. The van der Waals surface area contributed by atoms with E-state index in [-0.39, 0.29) is 37.8 Å². The van der Waals surface area contributed by atoms with Crippen LogP contribution in [-0.2, 0) is 23.9 Å². The van der Waals surface area contributed by atoms with Crippen molar-refractivity contribution in [3.05, 3.63) is 35.9 Å². The van der Waals surface area contributed by atoms with Gasteiger partial charge in [0.15, 0.2) is 0 Å². The summed E-state index contributed by atoms with van der Waals surface area (Å²) in [5.41, 5.74) is 6.27. The van der Waals surface area contributed by atoms with E-state index < -0.39 is 29.7 Å². The number of carbonyl (C=O) groups excluding carboxylic acids is 4. The van der Waals surface area contributed by atoms with Crippen LogP contribution < -0.4 is 16.4 Å². The number of hydrogen-bond donors (Lipinski definition) is 3. The quantitative estimate of drug-likeness (QED) is 0.489. The summed E-state index contributed by atoms with van der Waals surface area (Å²) in [6.07, 6.45) is -0.0794. The number of nitrogens with two attached hydrogens (primary N) is 1. The van der Waals surface area contributed by atoms with Gasteiger partial charge in [0.2, 0.25) is 17.7 Å². The van der Waals surface area contributed by atoms with E-state index in [2.05, 4.69) is 10.6 Å². The Hall–Kier alpha value is -2.90. The summed E-state index contributed by atoms with van der Waals surface area (Å²) >= 11 is 0. The number of primary amides is 1. The lowest BCUT2D eigenvalue weighted by atomic mass is 10.0. The average molecular weight is 391 g/mol. The summed E-state index contributed by atoms with van der Waals surface area (Å²) < 4.78 is 4.88. The fourth-order valence-electron chi connectivity index (χ4n) is 2.61. The van der Waals surface area contributed by atoms with Gasteiger partial charge < -0.3 is 21.1 Å². The molecule has 0 bridgehead atoms. The zero-order chi connectivity index (χ0) is 21.1. The highest BCUT2D eigenvalue weighted by atomic mass is 16.5. The van der Waals surface area contributed by atoms with E-state index in [0.29, 0.717) is 0 Å². The van der Waals surface area contributed by atoms with Crippen LogP contribution in [0.15, 0.2) is 30.3 Å². The lowest BCUT2D eigenvalue weighted by molar-refractivity contribution is -0.148. The van der Waals surface area contributed by atoms with Gasteiger partial charge in [0.1, 0.15) is 6.04 Å². The van der Waals surface area contributed by atoms with Crippen LogP contribution in [0.5, 0.6) is 0 Å². The number of nitrogens with one attached hydrogen (secondary N) is 2. The maximum atomic E-state index is 12.1. The second kappa shape index (κ2) is 11.7. The molecule has 3 amide bonds. The van der Waals surface area contributed by atoms with Crippen molar-refractivity contribution in [2.24, 2.45) is 11.7 Å². The van der Waals surface area contributed by atoms with E-state index in [1.807, 2.05) is 37.3 Å². The van der Waals surface area contributed by atoms with Crippen molar-refractivity contribution in [1.82, 2.24) is 10.6 Å². The Morgan fingerprint density at radius 2 is 1.57 bits per heavy atom. The van der Waals surface area contributed by atoms with Crippen molar-refractivity contribution >= 4 is 23.7 Å². The van der Waals surface area contributed by atoms with Gasteiger partial charge in [0, 0.05) is 12.8 Å². The van der Waals surface area contributed by atoms with E-state index >= 15 is 0 Å². The molecule has 0 aliphatic rings. The molecule has 0 aliphatic heterocycles. The Labute approximate surface area is 165 Å². The van der Waals surface area contributed by atoms with Crippen LogP contribution in [0.25, 0.3) is 0 Å². The van der Waals surface area contributed by atoms with Crippen molar-refractivity contribution < 1.29 is 23.9 Å². The highest BCUT2D eigenvalue weighted by Gasteiger charge is 2.25. The van der Waals surface area contributed by atoms with Crippen LogP contribution in [-0.4, -0.2) is 36.3 Å². The van der Waals surface area contributed by atoms with Crippen LogP contribution in [0.1, 0.15) is 51.6 Å². The third kappa shape index (κ3) is 8.20. The fourth-order valence-corrected chi connectivity index (χ4v) is 2.61. The SMILES string of the molecule is CCOC(=O)[C@H](C)C[C@@H](NC(=O)CCC(=O)N[C@H](C)c1ccccc1)C(N)=O. The molecule has 0 radical (unpaired) electrons. The molecule has 8 heteroatoms. The summed E-state index contributed by atoms with van der Waals surface area (Å²) in [5.74, 6) is -2.55. The zero-order valence-corrected chi connectivity index (χ0v) is 16.6. The molecule has 3 atom stereocenters. The molecule has 0 fully saturated rings. The normalized spacial score (nSPS) is 13.7. The van der Waals surface area contributed by atoms with Gasteiger partial charge in [-0.25, -0.2) is 0 Å². The smallest absolute Gasteiger partial charge is 0.308 e. The van der Waals surface area contributed by atoms with Gasteiger partial charge in [-0.3, -0.25) is 19.2 Å². The molecule has 28 heavy (non-hydrogen) atoms. The highest BCUT2D eigenvalue weighted by Crippen LogP contribution is 2.12. The predicted molar refractivity (Wildman–Crippen MR) is 104 cm³/mol. The third-order valence-electron chi connectivity index (χ3n) is 4.21. The molecule has 0 saturated carbocycles. The predicted octanol–water partition coefficient (Wildman–Crippen LogP) is 1.20. The standard InChI is InChI=1S/C20H29N3O5/c1-4-28-20(27)13(2)12-16(19(21)26)23-18(25)11-10-17(24)22-14(3)15-8-6-5-7-9-15/h5-9,13-14,16H,4,10-12H2,1-3H3,(H2,21,26)(H,22,24)(H,23,25)/t13-,14-,16-/m1/s1. The summed E-state index contributed by atoms with van der Waals surface area (Å²) in [4.78, 5) is 47.4. The summed E-state index contributed by atoms with van der Waals surface area (Å²) in [5, 5.41) is 5.30. The van der Waals surface area contributed by atoms with Crippen LogP contribution >= 0.6 is 0 Å². The molecule has 1 aromatic carbocycles. The minimum Gasteiger partial charge on any atom is -0.466 e. The van der Waals surface area contributed by atoms with Crippen LogP contribution in [0.2, 0.25) is 0 Å². The molecular formula is C20H29N3O5. The first kappa shape index (κ1) is 23.1. The molecule has 0 aromatic heterocycles. The molecule has 0 unspecified atom stereocenters. The Kier molecular flexibility index (Phi) is 9.70. The van der Waals surface area contributed by atoms with Crippen molar-refractivity contribution in [3.63, 3.8) is 0 Å². The topological polar surface area (TPSA) is 128 Å². The Bertz CT molecular complexity index is 678. The third-order valence-corrected chi connectivity index (χ3v) is 4.21. The van der Waals surface area contributed by atoms with E-state index in [1.54, 1.807) is 13.8 Å². The van der Waals surface area contributed by atoms with Gasteiger partial charge in [0.25, 0.3) is 0 Å². The summed E-state index contributed by atoms with van der Waals surface area (Å²) in [6.45, 7) is 5.36.